The molecule has 3 heteroatoms. The summed E-state index contributed by atoms with van der Waals surface area (Å²) >= 11 is 0. The van der Waals surface area contributed by atoms with Crippen molar-refractivity contribution in [3.05, 3.63) is 0 Å². The molecule has 100 valence electrons. The van der Waals surface area contributed by atoms with Gasteiger partial charge in [-0.2, -0.15) is 0 Å². The zero-order valence-corrected chi connectivity index (χ0v) is 11.6. The number of nitrogens with one attached hydrogen (secondary N) is 1. The van der Waals surface area contributed by atoms with Crippen molar-refractivity contribution in [2.24, 2.45) is 11.7 Å². The van der Waals surface area contributed by atoms with Crippen molar-refractivity contribution in [2.75, 3.05) is 0 Å². The molecule has 0 radical (unpaired) electrons. The molecule has 1 aliphatic carbocycles. The predicted octanol–water partition coefficient (Wildman–Crippen LogP) is 2.59. The second-order valence-corrected chi connectivity index (χ2v) is 6.06. The molecular weight excluding hydrogens is 212 g/mol. The molecule has 0 spiro atoms. The van der Waals surface area contributed by atoms with E-state index in [1.165, 1.54) is 32.1 Å². The van der Waals surface area contributed by atoms with Crippen LogP contribution in [-0.2, 0) is 4.79 Å². The maximum absolute atomic E-state index is 11.8. The first kappa shape index (κ1) is 14.5. The molecule has 1 amide bonds. The predicted molar refractivity (Wildman–Crippen MR) is 71.7 cm³/mol. The number of carbonyl (C=O) groups excluding carboxylic acids is 1. The normalized spacial score (nSPS) is 25.6. The molecule has 0 saturated heterocycles. The van der Waals surface area contributed by atoms with E-state index in [4.69, 9.17) is 5.73 Å². The van der Waals surface area contributed by atoms with Gasteiger partial charge in [0.25, 0.3) is 0 Å². The summed E-state index contributed by atoms with van der Waals surface area (Å²) in [6.07, 6.45) is 8.76. The number of unbranched alkanes of at least 4 members (excludes halogenated alkanes) is 1. The Morgan fingerprint density at radius 1 is 1.29 bits per heavy atom. The van der Waals surface area contributed by atoms with Gasteiger partial charge in [-0.25, -0.2) is 0 Å². The molecule has 0 aromatic heterocycles. The van der Waals surface area contributed by atoms with Crippen LogP contribution in [0.2, 0.25) is 0 Å². The molecule has 0 aromatic rings. The van der Waals surface area contributed by atoms with Gasteiger partial charge in [0.1, 0.15) is 0 Å². The van der Waals surface area contributed by atoms with Gasteiger partial charge < -0.3 is 11.1 Å². The van der Waals surface area contributed by atoms with Crippen LogP contribution >= 0.6 is 0 Å². The zero-order valence-electron chi connectivity index (χ0n) is 11.6. The van der Waals surface area contributed by atoms with Crippen molar-refractivity contribution < 1.29 is 4.79 Å². The number of rotatable bonds is 5. The fraction of sp³-hybridized carbons (Fsp3) is 0.929. The van der Waals surface area contributed by atoms with Gasteiger partial charge in [-0.1, -0.05) is 26.2 Å². The molecule has 0 aromatic carbocycles. The fourth-order valence-electron chi connectivity index (χ4n) is 2.46. The van der Waals surface area contributed by atoms with Crippen LogP contribution in [-0.4, -0.2) is 17.5 Å². The second-order valence-electron chi connectivity index (χ2n) is 6.06. The summed E-state index contributed by atoms with van der Waals surface area (Å²) in [5.41, 5.74) is 5.03. The molecule has 3 N–H and O–H groups in total. The van der Waals surface area contributed by atoms with E-state index in [-0.39, 0.29) is 5.91 Å². The second kappa shape index (κ2) is 6.39. The van der Waals surface area contributed by atoms with Crippen LogP contribution in [0, 0.1) is 5.92 Å². The standard InChI is InChI=1S/C14H28N2O/c1-4-5-6-11-7-9-12(10-8-11)16-13(17)14(2,3)15/h11-12H,4-10,15H2,1-3H3,(H,16,17). The Hall–Kier alpha value is -0.570. The van der Waals surface area contributed by atoms with Crippen molar-refractivity contribution in [2.45, 2.75) is 77.3 Å². The monoisotopic (exact) mass is 240 g/mol. The number of carbonyl (C=O) groups is 1. The number of amides is 1. The highest BCUT2D eigenvalue weighted by molar-refractivity contribution is 5.85. The van der Waals surface area contributed by atoms with Crippen molar-refractivity contribution in [1.82, 2.24) is 5.32 Å². The van der Waals surface area contributed by atoms with Crippen LogP contribution in [0.4, 0.5) is 0 Å². The van der Waals surface area contributed by atoms with Crippen LogP contribution in [0.3, 0.4) is 0 Å². The van der Waals surface area contributed by atoms with Crippen LogP contribution in [0.5, 0.6) is 0 Å². The van der Waals surface area contributed by atoms with Gasteiger partial charge >= 0.3 is 0 Å². The van der Waals surface area contributed by atoms with E-state index in [1.54, 1.807) is 13.8 Å². The third-order valence-electron chi connectivity index (χ3n) is 3.73. The highest BCUT2D eigenvalue weighted by Gasteiger charge is 2.27. The number of hydrogen-bond acceptors (Lipinski definition) is 2. The highest BCUT2D eigenvalue weighted by Crippen LogP contribution is 2.28. The molecule has 1 saturated carbocycles. The Balaban J connectivity index is 2.25. The summed E-state index contributed by atoms with van der Waals surface area (Å²) in [7, 11) is 0. The molecule has 0 bridgehead atoms. The lowest BCUT2D eigenvalue weighted by Crippen LogP contribution is -2.52. The Kier molecular flexibility index (Phi) is 5.44. The van der Waals surface area contributed by atoms with Crippen molar-refractivity contribution >= 4 is 5.91 Å². The van der Waals surface area contributed by atoms with Crippen molar-refractivity contribution in [1.29, 1.82) is 0 Å². The lowest BCUT2D eigenvalue weighted by molar-refractivity contribution is -0.126. The Bertz CT molecular complexity index is 237. The van der Waals surface area contributed by atoms with Gasteiger partial charge in [0, 0.05) is 6.04 Å². The molecule has 0 atom stereocenters. The topological polar surface area (TPSA) is 55.1 Å². The van der Waals surface area contributed by atoms with Gasteiger partial charge in [0.2, 0.25) is 5.91 Å². The summed E-state index contributed by atoms with van der Waals surface area (Å²) in [6, 6.07) is 0.350. The summed E-state index contributed by atoms with van der Waals surface area (Å²) in [5, 5.41) is 3.07. The van der Waals surface area contributed by atoms with Gasteiger partial charge in [0.15, 0.2) is 0 Å². The SMILES string of the molecule is CCCCC1CCC(NC(=O)C(C)(C)N)CC1. The average Bonchev–Trinajstić information content (AvgIpc) is 2.27. The third-order valence-corrected chi connectivity index (χ3v) is 3.73. The molecule has 0 heterocycles. The van der Waals surface area contributed by atoms with E-state index >= 15 is 0 Å². The maximum Gasteiger partial charge on any atom is 0.239 e. The van der Waals surface area contributed by atoms with Crippen LogP contribution in [0.25, 0.3) is 0 Å². The van der Waals surface area contributed by atoms with Gasteiger partial charge in [0.05, 0.1) is 5.54 Å². The molecule has 1 aliphatic rings. The summed E-state index contributed by atoms with van der Waals surface area (Å²) in [5.74, 6) is 0.864. The average molecular weight is 240 g/mol. The smallest absolute Gasteiger partial charge is 0.239 e. The van der Waals surface area contributed by atoms with Crippen molar-refractivity contribution in [3.8, 4) is 0 Å². The van der Waals surface area contributed by atoms with Crippen LogP contribution in [0.1, 0.15) is 65.7 Å². The summed E-state index contributed by atoms with van der Waals surface area (Å²) in [6.45, 7) is 5.76. The molecule has 3 nitrogen and oxygen atoms in total. The lowest BCUT2D eigenvalue weighted by atomic mass is 9.83. The molecule has 0 unspecified atom stereocenters. The molecule has 1 fully saturated rings. The van der Waals surface area contributed by atoms with E-state index in [2.05, 4.69) is 12.2 Å². The van der Waals surface area contributed by atoms with Gasteiger partial charge in [-0.05, 0) is 45.4 Å². The number of nitrogens with two attached hydrogens (primary N) is 1. The first-order chi connectivity index (χ1) is 7.93. The molecule has 0 aliphatic heterocycles. The fourth-order valence-corrected chi connectivity index (χ4v) is 2.46. The van der Waals surface area contributed by atoms with Crippen molar-refractivity contribution in [3.63, 3.8) is 0 Å². The molecular formula is C14H28N2O. The van der Waals surface area contributed by atoms with Crippen LogP contribution < -0.4 is 11.1 Å². The number of hydrogen-bond donors (Lipinski definition) is 2. The van der Waals surface area contributed by atoms with E-state index < -0.39 is 5.54 Å². The summed E-state index contributed by atoms with van der Waals surface area (Å²) < 4.78 is 0. The van der Waals surface area contributed by atoms with E-state index in [0.717, 1.165) is 18.8 Å². The largest absolute Gasteiger partial charge is 0.352 e. The Labute approximate surface area is 106 Å². The molecule has 1 rings (SSSR count). The summed E-state index contributed by atoms with van der Waals surface area (Å²) in [4.78, 5) is 11.8. The minimum atomic E-state index is -0.751. The Morgan fingerprint density at radius 2 is 1.88 bits per heavy atom. The minimum Gasteiger partial charge on any atom is -0.352 e. The minimum absolute atomic E-state index is 0.0190. The zero-order chi connectivity index (χ0) is 12.9. The van der Waals surface area contributed by atoms with Gasteiger partial charge in [-0.15, -0.1) is 0 Å². The van der Waals surface area contributed by atoms with Gasteiger partial charge in [-0.3, -0.25) is 4.79 Å². The molecule has 17 heavy (non-hydrogen) atoms. The Morgan fingerprint density at radius 3 is 2.35 bits per heavy atom. The van der Waals surface area contributed by atoms with E-state index in [9.17, 15) is 4.79 Å². The van der Waals surface area contributed by atoms with Crippen LogP contribution in [0.15, 0.2) is 0 Å². The first-order valence-corrected chi connectivity index (χ1v) is 7.03. The lowest BCUT2D eigenvalue weighted by Gasteiger charge is -2.31. The maximum atomic E-state index is 11.8. The third kappa shape index (κ3) is 5.07. The van der Waals surface area contributed by atoms with E-state index in [0.29, 0.717) is 6.04 Å². The quantitative estimate of drug-likeness (QED) is 0.776. The highest BCUT2D eigenvalue weighted by atomic mass is 16.2. The first-order valence-electron chi connectivity index (χ1n) is 7.03. The van der Waals surface area contributed by atoms with E-state index in [1.807, 2.05) is 0 Å².